The summed E-state index contributed by atoms with van der Waals surface area (Å²) in [5, 5.41) is 0. The molecule has 3 atom stereocenters. The van der Waals surface area contributed by atoms with Crippen molar-refractivity contribution in [1.82, 2.24) is 4.31 Å². The summed E-state index contributed by atoms with van der Waals surface area (Å²) in [5.41, 5.74) is -0.489. The van der Waals surface area contributed by atoms with Crippen LogP contribution in [0, 0.1) is 16.7 Å². The molecule has 1 heterocycles. The van der Waals surface area contributed by atoms with Crippen LogP contribution in [-0.2, 0) is 28.4 Å². The van der Waals surface area contributed by atoms with Crippen LogP contribution in [0.1, 0.15) is 47.0 Å². The summed E-state index contributed by atoms with van der Waals surface area (Å²) >= 11 is 0. The van der Waals surface area contributed by atoms with Gasteiger partial charge in [-0.2, -0.15) is 0 Å². The summed E-state index contributed by atoms with van der Waals surface area (Å²) in [6.45, 7) is 7.85. The van der Waals surface area contributed by atoms with Crippen LogP contribution in [0.5, 0.6) is 0 Å². The third kappa shape index (κ3) is 2.71. The van der Waals surface area contributed by atoms with E-state index < -0.39 is 29.7 Å². The average molecular weight is 393 g/mol. The molecule has 1 aliphatic heterocycles. The van der Waals surface area contributed by atoms with E-state index in [0.717, 1.165) is 17.1 Å². The first-order valence-corrected chi connectivity index (χ1v) is 12.3. The molecule has 2 bridgehead atoms. The Hall–Kier alpha value is -0.430. The van der Waals surface area contributed by atoms with E-state index >= 15 is 0 Å². The van der Waals surface area contributed by atoms with Crippen LogP contribution in [0.15, 0.2) is 0 Å². The fourth-order valence-corrected chi connectivity index (χ4v) is 9.55. The molecule has 0 N–H and O–H groups in total. The zero-order chi connectivity index (χ0) is 18.7. The largest absolute Gasteiger partial charge is 0.340 e. The molecule has 0 aromatic rings. The van der Waals surface area contributed by atoms with Gasteiger partial charge >= 0.3 is 7.60 Å². The molecule has 0 unspecified atom stereocenters. The number of sulfonamides is 1. The third-order valence-corrected chi connectivity index (χ3v) is 10.5. The fraction of sp³-hybridized carbons (Fsp3) is 0.938. The number of rotatable bonds is 6. The van der Waals surface area contributed by atoms with Crippen LogP contribution >= 0.6 is 7.60 Å². The minimum atomic E-state index is -3.71. The maximum absolute atomic E-state index is 12.9. The van der Waals surface area contributed by atoms with Gasteiger partial charge in [-0.3, -0.25) is 9.36 Å². The predicted molar refractivity (Wildman–Crippen MR) is 93.7 cm³/mol. The highest BCUT2D eigenvalue weighted by Gasteiger charge is 2.72. The second kappa shape index (κ2) is 6.04. The minimum absolute atomic E-state index is 0.00742. The van der Waals surface area contributed by atoms with Gasteiger partial charge in [-0.05, 0) is 44.4 Å². The summed E-state index contributed by atoms with van der Waals surface area (Å²) in [7, 11) is -7.34. The molecule has 7 nitrogen and oxygen atoms in total. The summed E-state index contributed by atoms with van der Waals surface area (Å²) < 4.78 is 49.7. The van der Waals surface area contributed by atoms with Crippen molar-refractivity contribution in [3.63, 3.8) is 0 Å². The number of hydrogen-bond acceptors (Lipinski definition) is 6. The van der Waals surface area contributed by atoms with Crippen LogP contribution in [0.25, 0.3) is 0 Å². The highest BCUT2D eigenvalue weighted by molar-refractivity contribution is 7.90. The van der Waals surface area contributed by atoms with Crippen molar-refractivity contribution in [1.29, 1.82) is 0 Å². The lowest BCUT2D eigenvalue weighted by atomic mass is 9.69. The van der Waals surface area contributed by atoms with E-state index in [1.807, 2.05) is 0 Å². The second-order valence-electron chi connectivity index (χ2n) is 7.92. The number of amides is 1. The number of nitrogens with zero attached hydrogens (tertiary/aromatic N) is 1. The molecule has 1 spiro atoms. The Bertz CT molecular complexity index is 710. The molecule has 9 heteroatoms. The quantitative estimate of drug-likeness (QED) is 0.645. The summed E-state index contributed by atoms with van der Waals surface area (Å²) in [6, 6.07) is -0.324. The molecule has 3 aliphatic rings. The van der Waals surface area contributed by atoms with E-state index in [9.17, 15) is 17.8 Å². The Kier molecular flexibility index (Phi) is 4.67. The molecule has 1 saturated heterocycles. The van der Waals surface area contributed by atoms with Gasteiger partial charge in [0.1, 0.15) is 6.16 Å². The van der Waals surface area contributed by atoms with Gasteiger partial charge in [-0.1, -0.05) is 13.8 Å². The van der Waals surface area contributed by atoms with Gasteiger partial charge in [0.05, 0.1) is 25.0 Å². The van der Waals surface area contributed by atoms with Crippen molar-refractivity contribution in [3.8, 4) is 0 Å². The fourth-order valence-electron chi connectivity index (χ4n) is 5.37. The van der Waals surface area contributed by atoms with Gasteiger partial charge in [0.25, 0.3) is 0 Å². The number of hydrogen-bond donors (Lipinski definition) is 0. The molecular weight excluding hydrogens is 365 g/mol. The standard InChI is InChI=1S/C16H28NO6PS/c1-5-22-24(19,23-6-2)10-14(18)17-13-9-12-7-8-16(13,15(12,3)4)11-25(17,20)21/h12-13H,5-11H2,1-4H3/t12-,13+,16-/m1/s1. The van der Waals surface area contributed by atoms with Crippen LogP contribution in [-0.4, -0.2) is 49.8 Å². The first-order valence-electron chi connectivity index (χ1n) is 8.96. The number of carbonyl (C=O) groups is 1. The monoisotopic (exact) mass is 393 g/mol. The summed E-state index contributed by atoms with van der Waals surface area (Å²) in [5.74, 6) is -0.225. The van der Waals surface area contributed by atoms with E-state index in [-0.39, 0.29) is 35.8 Å². The Morgan fingerprint density at radius 2 is 1.84 bits per heavy atom. The first kappa shape index (κ1) is 19.3. The van der Waals surface area contributed by atoms with Gasteiger partial charge in [0.2, 0.25) is 15.9 Å². The van der Waals surface area contributed by atoms with Crippen molar-refractivity contribution < 1.29 is 26.8 Å². The first-order chi connectivity index (χ1) is 11.5. The molecule has 3 rings (SSSR count). The van der Waals surface area contributed by atoms with Gasteiger partial charge in [0.15, 0.2) is 0 Å². The van der Waals surface area contributed by atoms with E-state index in [2.05, 4.69) is 13.8 Å². The molecule has 0 aromatic carbocycles. The maximum atomic E-state index is 12.9. The van der Waals surface area contributed by atoms with E-state index in [1.165, 1.54) is 0 Å². The highest BCUT2D eigenvalue weighted by Crippen LogP contribution is 2.70. The molecule has 25 heavy (non-hydrogen) atoms. The van der Waals surface area contributed by atoms with Gasteiger partial charge in [-0.25, -0.2) is 12.7 Å². The van der Waals surface area contributed by atoms with Crippen LogP contribution in [0.4, 0.5) is 0 Å². The average Bonchev–Trinajstić information content (AvgIpc) is 2.94. The topological polar surface area (TPSA) is 90.0 Å². The predicted octanol–water partition coefficient (Wildman–Crippen LogP) is 2.62. The van der Waals surface area contributed by atoms with Crippen LogP contribution in [0.3, 0.4) is 0 Å². The van der Waals surface area contributed by atoms with Gasteiger partial charge in [-0.15, -0.1) is 0 Å². The minimum Gasteiger partial charge on any atom is -0.309 e. The lowest BCUT2D eigenvalue weighted by Gasteiger charge is -2.37. The van der Waals surface area contributed by atoms with Crippen molar-refractivity contribution in [2.75, 3.05) is 25.1 Å². The molecule has 2 aliphatic carbocycles. The zero-order valence-electron chi connectivity index (χ0n) is 15.4. The summed E-state index contributed by atoms with van der Waals surface area (Å²) in [6.07, 6.45) is 2.02. The van der Waals surface area contributed by atoms with Gasteiger partial charge in [0, 0.05) is 5.41 Å². The van der Waals surface area contributed by atoms with E-state index in [1.54, 1.807) is 13.8 Å². The SMILES string of the molecule is CCOP(=O)(CC(=O)N1[C@H]2C[C@H]3CC[C@]2(CS1(=O)=O)C3(C)C)OCC. The molecule has 3 fully saturated rings. The van der Waals surface area contributed by atoms with Crippen molar-refractivity contribution in [2.24, 2.45) is 16.7 Å². The Balaban J connectivity index is 1.90. The van der Waals surface area contributed by atoms with E-state index in [0.29, 0.717) is 12.3 Å². The Morgan fingerprint density at radius 1 is 1.24 bits per heavy atom. The summed E-state index contributed by atoms with van der Waals surface area (Å²) in [4.78, 5) is 12.9. The molecular formula is C16H28NO6PS. The molecule has 144 valence electrons. The molecule has 2 saturated carbocycles. The van der Waals surface area contributed by atoms with Crippen molar-refractivity contribution in [3.05, 3.63) is 0 Å². The smallest absolute Gasteiger partial charge is 0.309 e. The van der Waals surface area contributed by atoms with Crippen molar-refractivity contribution in [2.45, 2.75) is 53.0 Å². The Morgan fingerprint density at radius 3 is 2.36 bits per heavy atom. The van der Waals surface area contributed by atoms with Gasteiger partial charge < -0.3 is 9.05 Å². The van der Waals surface area contributed by atoms with Crippen LogP contribution in [0.2, 0.25) is 0 Å². The number of fused-ring (bicyclic) bond motifs is 1. The lowest BCUT2D eigenvalue weighted by Crippen LogP contribution is -2.45. The molecule has 1 amide bonds. The maximum Gasteiger partial charge on any atom is 0.340 e. The normalized spacial score (nSPS) is 35.1. The second-order valence-corrected chi connectivity index (χ2v) is 11.8. The van der Waals surface area contributed by atoms with Crippen LogP contribution < -0.4 is 0 Å². The zero-order valence-corrected chi connectivity index (χ0v) is 17.1. The molecule has 0 radical (unpaired) electrons. The lowest BCUT2D eigenvalue weighted by molar-refractivity contribution is -0.126. The van der Waals surface area contributed by atoms with Crippen molar-refractivity contribution >= 4 is 23.5 Å². The Labute approximate surface area is 150 Å². The number of carbonyl (C=O) groups excluding carboxylic acids is 1. The molecule has 0 aromatic heterocycles. The van der Waals surface area contributed by atoms with E-state index in [4.69, 9.17) is 9.05 Å². The third-order valence-electron chi connectivity index (χ3n) is 6.64. The highest BCUT2D eigenvalue weighted by atomic mass is 32.2.